The molecular formula is C12H18N6O. The van der Waals surface area contributed by atoms with Crippen LogP contribution < -0.4 is 5.32 Å². The van der Waals surface area contributed by atoms with Crippen molar-refractivity contribution in [1.82, 2.24) is 24.7 Å². The molecule has 1 atom stereocenters. The van der Waals surface area contributed by atoms with Gasteiger partial charge in [0.2, 0.25) is 5.95 Å². The zero-order valence-electron chi connectivity index (χ0n) is 11.2. The molecule has 0 saturated carbocycles. The molecule has 2 heterocycles. The highest BCUT2D eigenvalue weighted by atomic mass is 16.5. The van der Waals surface area contributed by atoms with Crippen molar-refractivity contribution in [1.29, 1.82) is 0 Å². The zero-order chi connectivity index (χ0) is 13.5. The lowest BCUT2D eigenvalue weighted by Crippen LogP contribution is -2.15. The molecule has 2 aromatic rings. The van der Waals surface area contributed by atoms with Crippen LogP contribution in [0.25, 0.3) is 0 Å². The molecule has 0 saturated heterocycles. The second kappa shape index (κ2) is 6.79. The Labute approximate surface area is 112 Å². The SMILES string of the molecule is COCCCn1cnnc1C(C)Nc1ncccn1. The van der Waals surface area contributed by atoms with Crippen molar-refractivity contribution in [3.8, 4) is 0 Å². The van der Waals surface area contributed by atoms with Crippen LogP contribution >= 0.6 is 0 Å². The van der Waals surface area contributed by atoms with E-state index >= 15 is 0 Å². The maximum Gasteiger partial charge on any atom is 0.223 e. The Bertz CT molecular complexity index is 486. The van der Waals surface area contributed by atoms with Crippen molar-refractivity contribution in [2.75, 3.05) is 19.0 Å². The fourth-order valence-corrected chi connectivity index (χ4v) is 1.78. The Hall–Kier alpha value is -2.02. The number of hydrogen-bond donors (Lipinski definition) is 1. The molecule has 2 rings (SSSR count). The molecule has 0 amide bonds. The number of aromatic nitrogens is 5. The fraction of sp³-hybridized carbons (Fsp3) is 0.500. The summed E-state index contributed by atoms with van der Waals surface area (Å²) in [5.41, 5.74) is 0. The molecule has 0 aromatic carbocycles. The largest absolute Gasteiger partial charge is 0.385 e. The van der Waals surface area contributed by atoms with Gasteiger partial charge in [-0.2, -0.15) is 0 Å². The number of anilines is 1. The monoisotopic (exact) mass is 262 g/mol. The van der Waals surface area contributed by atoms with Gasteiger partial charge in [0.05, 0.1) is 6.04 Å². The number of methoxy groups -OCH3 is 1. The maximum atomic E-state index is 5.05. The molecule has 0 aliphatic heterocycles. The van der Waals surface area contributed by atoms with Crippen LogP contribution in [0.2, 0.25) is 0 Å². The first-order chi connectivity index (χ1) is 9.31. The van der Waals surface area contributed by atoms with Crippen molar-refractivity contribution in [3.05, 3.63) is 30.6 Å². The molecule has 0 spiro atoms. The van der Waals surface area contributed by atoms with E-state index in [-0.39, 0.29) is 6.04 Å². The first-order valence-corrected chi connectivity index (χ1v) is 6.21. The predicted octanol–water partition coefficient (Wildman–Crippen LogP) is 1.28. The smallest absolute Gasteiger partial charge is 0.223 e. The number of nitrogens with one attached hydrogen (secondary N) is 1. The molecule has 102 valence electrons. The van der Waals surface area contributed by atoms with E-state index in [0.717, 1.165) is 25.4 Å². The molecule has 1 unspecified atom stereocenters. The van der Waals surface area contributed by atoms with E-state index < -0.39 is 0 Å². The van der Waals surface area contributed by atoms with Crippen LogP contribution in [0.3, 0.4) is 0 Å². The number of nitrogens with zero attached hydrogens (tertiary/aromatic N) is 5. The fourth-order valence-electron chi connectivity index (χ4n) is 1.78. The highest BCUT2D eigenvalue weighted by Crippen LogP contribution is 2.14. The second-order valence-electron chi connectivity index (χ2n) is 4.17. The number of rotatable bonds is 7. The molecular weight excluding hydrogens is 244 g/mol. The highest BCUT2D eigenvalue weighted by Gasteiger charge is 2.13. The molecule has 0 radical (unpaired) electrons. The molecule has 0 fully saturated rings. The quantitative estimate of drug-likeness (QED) is 0.757. The van der Waals surface area contributed by atoms with Gasteiger partial charge in [0, 0.05) is 32.7 Å². The van der Waals surface area contributed by atoms with E-state index in [1.54, 1.807) is 31.9 Å². The lowest BCUT2D eigenvalue weighted by Gasteiger charge is -2.14. The number of ether oxygens (including phenoxy) is 1. The summed E-state index contributed by atoms with van der Waals surface area (Å²) in [5.74, 6) is 1.45. The topological polar surface area (TPSA) is 77.8 Å². The van der Waals surface area contributed by atoms with Crippen LogP contribution in [0.4, 0.5) is 5.95 Å². The molecule has 0 aliphatic rings. The van der Waals surface area contributed by atoms with Gasteiger partial charge in [0.1, 0.15) is 6.33 Å². The summed E-state index contributed by atoms with van der Waals surface area (Å²) < 4.78 is 7.06. The van der Waals surface area contributed by atoms with Gasteiger partial charge in [-0.25, -0.2) is 9.97 Å². The molecule has 1 N–H and O–H groups in total. The van der Waals surface area contributed by atoms with E-state index in [1.165, 1.54) is 0 Å². The Balaban J connectivity index is 1.99. The van der Waals surface area contributed by atoms with Crippen molar-refractivity contribution in [2.45, 2.75) is 25.9 Å². The summed E-state index contributed by atoms with van der Waals surface area (Å²) in [7, 11) is 1.70. The number of hydrogen-bond acceptors (Lipinski definition) is 6. The van der Waals surface area contributed by atoms with Crippen LogP contribution in [0.5, 0.6) is 0 Å². The molecule has 0 aliphatic carbocycles. The molecule has 2 aromatic heterocycles. The van der Waals surface area contributed by atoms with Crippen LogP contribution in [0, 0.1) is 0 Å². The maximum absolute atomic E-state index is 5.05. The lowest BCUT2D eigenvalue weighted by atomic mass is 10.3. The van der Waals surface area contributed by atoms with Crippen molar-refractivity contribution in [3.63, 3.8) is 0 Å². The van der Waals surface area contributed by atoms with E-state index in [1.807, 2.05) is 11.5 Å². The van der Waals surface area contributed by atoms with Gasteiger partial charge in [-0.3, -0.25) is 0 Å². The van der Waals surface area contributed by atoms with Gasteiger partial charge < -0.3 is 14.6 Å². The summed E-state index contributed by atoms with van der Waals surface area (Å²) in [4.78, 5) is 8.27. The third-order valence-electron chi connectivity index (χ3n) is 2.69. The normalized spacial score (nSPS) is 12.3. The standard InChI is InChI=1S/C12H18N6O/c1-10(16-12-13-5-3-6-14-12)11-17-15-9-18(11)7-4-8-19-2/h3,5-6,9-10H,4,7-8H2,1-2H3,(H,13,14,16). The van der Waals surface area contributed by atoms with Crippen LogP contribution in [-0.2, 0) is 11.3 Å². The minimum absolute atomic E-state index is 0.00700. The minimum Gasteiger partial charge on any atom is -0.385 e. The Morgan fingerprint density at radius 3 is 2.89 bits per heavy atom. The van der Waals surface area contributed by atoms with E-state index in [4.69, 9.17) is 4.74 Å². The zero-order valence-corrected chi connectivity index (χ0v) is 11.2. The van der Waals surface area contributed by atoms with E-state index in [2.05, 4.69) is 25.5 Å². The summed E-state index contributed by atoms with van der Waals surface area (Å²) >= 11 is 0. The predicted molar refractivity (Wildman–Crippen MR) is 70.6 cm³/mol. The first kappa shape index (κ1) is 13.4. The third kappa shape index (κ3) is 3.72. The molecule has 7 heteroatoms. The molecule has 0 bridgehead atoms. The van der Waals surface area contributed by atoms with Gasteiger partial charge in [-0.1, -0.05) is 0 Å². The van der Waals surface area contributed by atoms with Crippen molar-refractivity contribution >= 4 is 5.95 Å². The molecule has 19 heavy (non-hydrogen) atoms. The summed E-state index contributed by atoms with van der Waals surface area (Å²) in [6, 6.07) is 1.77. The lowest BCUT2D eigenvalue weighted by molar-refractivity contribution is 0.190. The van der Waals surface area contributed by atoms with Gasteiger partial charge in [0.25, 0.3) is 0 Å². The Kier molecular flexibility index (Phi) is 4.79. The van der Waals surface area contributed by atoms with Gasteiger partial charge in [-0.15, -0.1) is 10.2 Å². The average molecular weight is 262 g/mol. The van der Waals surface area contributed by atoms with E-state index in [0.29, 0.717) is 5.95 Å². The molecule has 7 nitrogen and oxygen atoms in total. The Morgan fingerprint density at radius 1 is 1.37 bits per heavy atom. The minimum atomic E-state index is -0.00700. The van der Waals surface area contributed by atoms with E-state index in [9.17, 15) is 0 Å². The Morgan fingerprint density at radius 2 is 2.16 bits per heavy atom. The summed E-state index contributed by atoms with van der Waals surface area (Å²) in [6.45, 7) is 3.56. The first-order valence-electron chi connectivity index (χ1n) is 6.21. The third-order valence-corrected chi connectivity index (χ3v) is 2.69. The second-order valence-corrected chi connectivity index (χ2v) is 4.17. The highest BCUT2D eigenvalue weighted by molar-refractivity contribution is 5.25. The number of aryl methyl sites for hydroxylation is 1. The van der Waals surface area contributed by atoms with Crippen molar-refractivity contribution < 1.29 is 4.74 Å². The van der Waals surface area contributed by atoms with Gasteiger partial charge in [0.15, 0.2) is 5.82 Å². The summed E-state index contributed by atoms with van der Waals surface area (Å²) in [6.07, 6.45) is 6.06. The average Bonchev–Trinajstić information content (AvgIpc) is 2.89. The van der Waals surface area contributed by atoms with Crippen LogP contribution in [0.15, 0.2) is 24.8 Å². The van der Waals surface area contributed by atoms with Gasteiger partial charge >= 0.3 is 0 Å². The van der Waals surface area contributed by atoms with Crippen LogP contribution in [0.1, 0.15) is 25.2 Å². The summed E-state index contributed by atoms with van der Waals surface area (Å²) in [5, 5.41) is 11.3. The van der Waals surface area contributed by atoms with Crippen LogP contribution in [-0.4, -0.2) is 38.4 Å². The van der Waals surface area contributed by atoms with Gasteiger partial charge in [-0.05, 0) is 19.4 Å². The van der Waals surface area contributed by atoms with Crippen molar-refractivity contribution in [2.24, 2.45) is 0 Å².